The summed E-state index contributed by atoms with van der Waals surface area (Å²) in [4.78, 5) is 0. The monoisotopic (exact) mass is 475 g/mol. The molecule has 7 nitrogen and oxygen atoms in total. The average Bonchev–Trinajstić information content (AvgIpc) is 3.18. The van der Waals surface area contributed by atoms with Crippen LogP contribution in [0.15, 0.2) is 48.7 Å². The van der Waals surface area contributed by atoms with E-state index in [1.54, 1.807) is 6.07 Å². The zero-order valence-electron chi connectivity index (χ0n) is 18.5. The second kappa shape index (κ2) is 10.5. The van der Waals surface area contributed by atoms with Gasteiger partial charge in [-0.1, -0.05) is 48.0 Å². The lowest BCUT2D eigenvalue weighted by Gasteiger charge is -2.40. The van der Waals surface area contributed by atoms with E-state index in [2.05, 4.69) is 24.3 Å². The maximum absolute atomic E-state index is 10.7. The Morgan fingerprint density at radius 1 is 1.00 bits per heavy atom. The molecule has 0 amide bonds. The molecule has 1 aromatic heterocycles. The Hall–Kier alpha value is -1.97. The SMILES string of the molecule is CCOCCc1ccc(Cn2cc([C@@H]3O[C@H](CO)[C@@H](O)[C@H](O)[C@H]3O)c3cccc(Cl)c32)cc1. The zero-order chi connectivity index (χ0) is 23.5. The highest BCUT2D eigenvalue weighted by Gasteiger charge is 2.44. The predicted molar refractivity (Wildman–Crippen MR) is 125 cm³/mol. The largest absolute Gasteiger partial charge is 0.394 e. The Bertz CT molecular complexity index is 1070. The van der Waals surface area contributed by atoms with Crippen LogP contribution in [0.1, 0.15) is 29.7 Å². The molecule has 0 unspecified atom stereocenters. The van der Waals surface area contributed by atoms with Gasteiger partial charge in [0.25, 0.3) is 0 Å². The number of aliphatic hydroxyl groups is 4. The van der Waals surface area contributed by atoms with Crippen molar-refractivity contribution in [3.8, 4) is 0 Å². The Kier molecular flexibility index (Phi) is 7.71. The maximum Gasteiger partial charge on any atom is 0.114 e. The van der Waals surface area contributed by atoms with Gasteiger partial charge in [0.05, 0.1) is 23.8 Å². The molecule has 1 saturated heterocycles. The van der Waals surface area contributed by atoms with E-state index in [0.29, 0.717) is 30.3 Å². The topological polar surface area (TPSA) is 104 Å². The van der Waals surface area contributed by atoms with E-state index in [0.717, 1.165) is 22.9 Å². The summed E-state index contributed by atoms with van der Waals surface area (Å²) in [6.45, 7) is 3.44. The van der Waals surface area contributed by atoms with Crippen LogP contribution in [0.2, 0.25) is 5.02 Å². The summed E-state index contributed by atoms with van der Waals surface area (Å²) in [5.74, 6) is 0. The smallest absolute Gasteiger partial charge is 0.114 e. The van der Waals surface area contributed by atoms with Gasteiger partial charge in [-0.05, 0) is 30.5 Å². The van der Waals surface area contributed by atoms with Crippen molar-refractivity contribution in [3.63, 3.8) is 0 Å². The van der Waals surface area contributed by atoms with Crippen LogP contribution in [0.3, 0.4) is 0 Å². The van der Waals surface area contributed by atoms with Gasteiger partial charge < -0.3 is 34.5 Å². The van der Waals surface area contributed by atoms with Gasteiger partial charge in [0.2, 0.25) is 0 Å². The minimum atomic E-state index is -1.44. The second-order valence-corrected chi connectivity index (χ2v) is 8.77. The first-order valence-electron chi connectivity index (χ1n) is 11.2. The predicted octanol–water partition coefficient (Wildman–Crippen LogP) is 2.44. The molecule has 0 bridgehead atoms. The highest BCUT2D eigenvalue weighted by molar-refractivity contribution is 6.35. The third kappa shape index (κ3) is 4.95. The standard InChI is InChI=1S/C25H30ClNO6/c1-2-32-11-10-15-6-8-16(9-7-15)12-27-13-18(17-4-3-5-19(26)21(17)27)25-24(31)23(30)22(29)20(14-28)33-25/h3-9,13,20,22-25,28-31H,2,10-12,14H2,1H3/t20-,22-,23+,24-,25+/m1/s1. The Morgan fingerprint density at radius 3 is 2.42 bits per heavy atom. The number of para-hydroxylation sites is 1. The van der Waals surface area contributed by atoms with E-state index in [4.69, 9.17) is 21.1 Å². The molecule has 0 spiro atoms. The van der Waals surface area contributed by atoms with E-state index in [-0.39, 0.29) is 0 Å². The van der Waals surface area contributed by atoms with Crippen LogP contribution in [-0.4, -0.2) is 69.2 Å². The quantitative estimate of drug-likeness (QED) is 0.373. The lowest BCUT2D eigenvalue weighted by molar-refractivity contribution is -0.231. The van der Waals surface area contributed by atoms with Gasteiger partial charge in [-0.3, -0.25) is 0 Å². The van der Waals surface area contributed by atoms with Crippen LogP contribution in [0, 0.1) is 0 Å². The fourth-order valence-electron chi connectivity index (χ4n) is 4.39. The highest BCUT2D eigenvalue weighted by Crippen LogP contribution is 2.39. The lowest BCUT2D eigenvalue weighted by Crippen LogP contribution is -2.55. The van der Waals surface area contributed by atoms with E-state index >= 15 is 0 Å². The molecule has 8 heteroatoms. The summed E-state index contributed by atoms with van der Waals surface area (Å²) in [5, 5.41) is 42.0. The van der Waals surface area contributed by atoms with Gasteiger partial charge in [-0.15, -0.1) is 0 Å². The number of hydrogen-bond donors (Lipinski definition) is 4. The molecule has 4 N–H and O–H groups in total. The van der Waals surface area contributed by atoms with Crippen LogP contribution < -0.4 is 0 Å². The van der Waals surface area contributed by atoms with Gasteiger partial charge in [-0.2, -0.15) is 0 Å². The number of nitrogens with zero attached hydrogens (tertiary/aromatic N) is 1. The molecule has 0 saturated carbocycles. The minimum Gasteiger partial charge on any atom is -0.394 e. The number of aromatic nitrogens is 1. The summed E-state index contributed by atoms with van der Waals surface area (Å²) < 4.78 is 13.2. The van der Waals surface area contributed by atoms with Crippen molar-refractivity contribution in [1.29, 1.82) is 0 Å². The Morgan fingerprint density at radius 2 is 1.73 bits per heavy atom. The molecule has 1 aliphatic heterocycles. The molecule has 0 aliphatic carbocycles. The lowest BCUT2D eigenvalue weighted by atomic mass is 9.91. The van der Waals surface area contributed by atoms with Crippen LogP contribution in [0.25, 0.3) is 10.9 Å². The number of rotatable bonds is 8. The van der Waals surface area contributed by atoms with Crippen molar-refractivity contribution >= 4 is 22.5 Å². The summed E-state index contributed by atoms with van der Waals surface area (Å²) in [5.41, 5.74) is 3.70. The van der Waals surface area contributed by atoms with Gasteiger partial charge in [0.1, 0.15) is 30.5 Å². The summed E-state index contributed by atoms with van der Waals surface area (Å²) in [6, 6.07) is 13.8. The fourth-order valence-corrected chi connectivity index (χ4v) is 4.68. The van der Waals surface area contributed by atoms with Gasteiger partial charge >= 0.3 is 0 Å². The summed E-state index contributed by atoms with van der Waals surface area (Å²) >= 11 is 6.55. The highest BCUT2D eigenvalue weighted by atomic mass is 35.5. The number of aliphatic hydroxyl groups excluding tert-OH is 4. The van der Waals surface area contributed by atoms with Crippen LogP contribution >= 0.6 is 11.6 Å². The number of hydrogen-bond acceptors (Lipinski definition) is 6. The molecule has 1 fully saturated rings. The minimum absolute atomic E-state index is 0.476. The van der Waals surface area contributed by atoms with Crippen molar-refractivity contribution in [3.05, 3.63) is 70.4 Å². The molecule has 2 aromatic carbocycles. The van der Waals surface area contributed by atoms with Crippen LogP contribution in [0.4, 0.5) is 0 Å². The molecular weight excluding hydrogens is 446 g/mol. The molecule has 178 valence electrons. The van der Waals surface area contributed by atoms with Crippen molar-refractivity contribution < 1.29 is 29.9 Å². The second-order valence-electron chi connectivity index (χ2n) is 8.36. The van der Waals surface area contributed by atoms with E-state index in [9.17, 15) is 20.4 Å². The Labute approximate surface area is 197 Å². The zero-order valence-corrected chi connectivity index (χ0v) is 19.2. The molecule has 1 aliphatic rings. The molecular formula is C25H30ClNO6. The first-order chi connectivity index (χ1) is 15.9. The van der Waals surface area contributed by atoms with Crippen molar-refractivity contribution in [2.24, 2.45) is 0 Å². The third-order valence-corrected chi connectivity index (χ3v) is 6.50. The van der Waals surface area contributed by atoms with Crippen LogP contribution in [0.5, 0.6) is 0 Å². The van der Waals surface area contributed by atoms with Gasteiger partial charge in [0.15, 0.2) is 0 Å². The van der Waals surface area contributed by atoms with Gasteiger partial charge in [0, 0.05) is 30.3 Å². The Balaban J connectivity index is 1.65. The third-order valence-electron chi connectivity index (χ3n) is 6.19. The van der Waals surface area contributed by atoms with E-state index < -0.39 is 37.1 Å². The molecule has 2 heterocycles. The van der Waals surface area contributed by atoms with E-state index in [1.807, 2.05) is 29.8 Å². The normalized spacial score (nSPS) is 25.6. The average molecular weight is 476 g/mol. The maximum atomic E-state index is 10.7. The molecule has 0 radical (unpaired) electrons. The molecule has 33 heavy (non-hydrogen) atoms. The first-order valence-corrected chi connectivity index (χ1v) is 11.6. The fraction of sp³-hybridized carbons (Fsp3) is 0.440. The van der Waals surface area contributed by atoms with E-state index in [1.165, 1.54) is 5.56 Å². The van der Waals surface area contributed by atoms with Gasteiger partial charge in [-0.25, -0.2) is 0 Å². The van der Waals surface area contributed by atoms with Crippen molar-refractivity contribution in [2.75, 3.05) is 19.8 Å². The van der Waals surface area contributed by atoms with Crippen LogP contribution in [-0.2, 0) is 22.4 Å². The first kappa shape index (κ1) is 24.2. The summed E-state index contributed by atoms with van der Waals surface area (Å²) in [6.07, 6.45) is -3.40. The molecule has 5 atom stereocenters. The molecule has 3 aromatic rings. The number of halogens is 1. The number of benzene rings is 2. The molecule has 4 rings (SSSR count). The van der Waals surface area contributed by atoms with Crippen molar-refractivity contribution in [1.82, 2.24) is 4.57 Å². The number of fused-ring (bicyclic) bond motifs is 1. The number of ether oxygens (including phenoxy) is 2. The van der Waals surface area contributed by atoms with Crippen molar-refractivity contribution in [2.45, 2.75) is 50.4 Å². The summed E-state index contributed by atoms with van der Waals surface area (Å²) in [7, 11) is 0.